The van der Waals surface area contributed by atoms with Gasteiger partial charge in [0.25, 0.3) is 0 Å². The number of carbonyl (C=O) groups is 2. The minimum Gasteiger partial charge on any atom is -0.444 e. The Balaban J connectivity index is 1.92. The molecule has 23 heavy (non-hydrogen) atoms. The summed E-state index contributed by atoms with van der Waals surface area (Å²) in [6, 6.07) is 5.86. The second-order valence-electron chi connectivity index (χ2n) is 7.20. The molecule has 1 saturated heterocycles. The molecule has 0 bridgehead atoms. The molecule has 1 fully saturated rings. The fraction of sp³-hybridized carbons (Fsp3) is 0.556. The maximum Gasteiger partial charge on any atom is 0.410 e. The second kappa shape index (κ2) is 6.60. The highest BCUT2D eigenvalue weighted by atomic mass is 16.6. The van der Waals surface area contributed by atoms with E-state index in [0.717, 1.165) is 11.3 Å². The molecular formula is C18H26N2O3. The van der Waals surface area contributed by atoms with Crippen molar-refractivity contribution >= 4 is 17.7 Å². The van der Waals surface area contributed by atoms with Crippen LogP contribution < -0.4 is 5.32 Å². The smallest absolute Gasteiger partial charge is 0.410 e. The third kappa shape index (κ3) is 4.71. The van der Waals surface area contributed by atoms with Crippen molar-refractivity contribution < 1.29 is 14.3 Å². The summed E-state index contributed by atoms with van der Waals surface area (Å²) in [6.45, 7) is 10.5. The molecule has 1 aromatic carbocycles. The van der Waals surface area contributed by atoms with E-state index in [2.05, 4.69) is 5.32 Å². The summed E-state index contributed by atoms with van der Waals surface area (Å²) in [5, 5.41) is 2.94. The summed E-state index contributed by atoms with van der Waals surface area (Å²) in [4.78, 5) is 26.0. The van der Waals surface area contributed by atoms with Crippen molar-refractivity contribution in [2.75, 3.05) is 18.4 Å². The van der Waals surface area contributed by atoms with Crippen LogP contribution in [0.5, 0.6) is 0 Å². The van der Waals surface area contributed by atoms with Crippen molar-refractivity contribution in [3.8, 4) is 0 Å². The predicted octanol–water partition coefficient (Wildman–Crippen LogP) is 3.50. The molecule has 2 amide bonds. The molecule has 5 heteroatoms. The van der Waals surface area contributed by atoms with E-state index in [1.54, 1.807) is 4.90 Å². The van der Waals surface area contributed by atoms with Gasteiger partial charge in [-0.05, 0) is 64.3 Å². The van der Waals surface area contributed by atoms with Gasteiger partial charge in [0, 0.05) is 18.8 Å². The van der Waals surface area contributed by atoms with Gasteiger partial charge in [-0.2, -0.15) is 0 Å². The molecule has 0 spiro atoms. The molecule has 1 aromatic rings. The van der Waals surface area contributed by atoms with Gasteiger partial charge in [-0.25, -0.2) is 4.79 Å². The molecule has 0 saturated carbocycles. The number of rotatable bonds is 2. The van der Waals surface area contributed by atoms with Gasteiger partial charge in [-0.1, -0.05) is 6.07 Å². The predicted molar refractivity (Wildman–Crippen MR) is 90.5 cm³/mol. The lowest BCUT2D eigenvalue weighted by Crippen LogP contribution is -2.36. The molecule has 1 aliphatic rings. The van der Waals surface area contributed by atoms with Gasteiger partial charge in [-0.15, -0.1) is 0 Å². The highest BCUT2D eigenvalue weighted by Gasteiger charge is 2.33. The van der Waals surface area contributed by atoms with Gasteiger partial charge >= 0.3 is 6.09 Å². The molecule has 0 aliphatic carbocycles. The molecule has 1 unspecified atom stereocenters. The minimum absolute atomic E-state index is 0.0423. The van der Waals surface area contributed by atoms with Gasteiger partial charge in [-0.3, -0.25) is 4.79 Å². The van der Waals surface area contributed by atoms with E-state index < -0.39 is 5.60 Å². The average molecular weight is 318 g/mol. The molecule has 2 rings (SSSR count). The number of benzene rings is 1. The molecule has 1 atom stereocenters. The number of aryl methyl sites for hydroxylation is 2. The van der Waals surface area contributed by atoms with Crippen molar-refractivity contribution in [1.29, 1.82) is 0 Å². The van der Waals surface area contributed by atoms with Crippen LogP contribution in [0.15, 0.2) is 18.2 Å². The van der Waals surface area contributed by atoms with Crippen LogP contribution in [0.3, 0.4) is 0 Å². The summed E-state index contributed by atoms with van der Waals surface area (Å²) in [6.07, 6.45) is 0.314. The van der Waals surface area contributed by atoms with Crippen molar-refractivity contribution in [3.63, 3.8) is 0 Å². The molecule has 0 aromatic heterocycles. The summed E-state index contributed by atoms with van der Waals surface area (Å²) in [5.74, 6) is -0.233. The Bertz CT molecular complexity index is 605. The van der Waals surface area contributed by atoms with Crippen LogP contribution in [0.1, 0.15) is 38.3 Å². The van der Waals surface area contributed by atoms with Crippen LogP contribution in [-0.4, -0.2) is 35.6 Å². The van der Waals surface area contributed by atoms with Crippen LogP contribution in [0.4, 0.5) is 10.5 Å². The Morgan fingerprint density at radius 3 is 2.52 bits per heavy atom. The largest absolute Gasteiger partial charge is 0.444 e. The number of anilines is 1. The van der Waals surface area contributed by atoms with E-state index in [1.807, 2.05) is 52.8 Å². The lowest BCUT2D eigenvalue weighted by molar-refractivity contribution is -0.119. The lowest BCUT2D eigenvalue weighted by atomic mass is 10.1. The van der Waals surface area contributed by atoms with E-state index in [9.17, 15) is 9.59 Å². The second-order valence-corrected chi connectivity index (χ2v) is 7.20. The zero-order chi connectivity index (χ0) is 17.2. The van der Waals surface area contributed by atoms with Gasteiger partial charge in [0.1, 0.15) is 5.60 Å². The van der Waals surface area contributed by atoms with E-state index in [1.165, 1.54) is 5.56 Å². The van der Waals surface area contributed by atoms with Crippen LogP contribution in [-0.2, 0) is 9.53 Å². The molecule has 1 aliphatic heterocycles. The number of hydrogen-bond acceptors (Lipinski definition) is 3. The average Bonchev–Trinajstić information content (AvgIpc) is 2.91. The first-order valence-corrected chi connectivity index (χ1v) is 8.02. The molecule has 126 valence electrons. The monoisotopic (exact) mass is 318 g/mol. The topological polar surface area (TPSA) is 58.6 Å². The number of ether oxygens (including phenoxy) is 1. The maximum atomic E-state index is 12.4. The van der Waals surface area contributed by atoms with Crippen LogP contribution >= 0.6 is 0 Å². The summed E-state index contributed by atoms with van der Waals surface area (Å²) in [5.41, 5.74) is 2.62. The Morgan fingerprint density at radius 1 is 1.22 bits per heavy atom. The quantitative estimate of drug-likeness (QED) is 0.908. The number of likely N-dealkylation sites (tertiary alicyclic amines) is 1. The highest BCUT2D eigenvalue weighted by molar-refractivity contribution is 5.93. The van der Waals surface area contributed by atoms with Gasteiger partial charge in [0.05, 0.1) is 5.92 Å². The summed E-state index contributed by atoms with van der Waals surface area (Å²) in [7, 11) is 0. The van der Waals surface area contributed by atoms with Gasteiger partial charge in [0.2, 0.25) is 5.91 Å². The van der Waals surface area contributed by atoms with Crippen LogP contribution in [0, 0.1) is 19.8 Å². The summed E-state index contributed by atoms with van der Waals surface area (Å²) < 4.78 is 5.35. The molecular weight excluding hydrogens is 292 g/mol. The highest BCUT2D eigenvalue weighted by Crippen LogP contribution is 2.22. The van der Waals surface area contributed by atoms with Gasteiger partial charge in [0.15, 0.2) is 0 Å². The Morgan fingerprint density at radius 2 is 1.91 bits per heavy atom. The Hall–Kier alpha value is -2.04. The lowest BCUT2D eigenvalue weighted by Gasteiger charge is -2.24. The van der Waals surface area contributed by atoms with Crippen molar-refractivity contribution in [2.24, 2.45) is 5.92 Å². The number of nitrogens with zero attached hydrogens (tertiary/aromatic N) is 1. The van der Waals surface area contributed by atoms with E-state index >= 15 is 0 Å². The van der Waals surface area contributed by atoms with Crippen molar-refractivity contribution in [1.82, 2.24) is 4.90 Å². The molecule has 0 radical (unpaired) electrons. The molecule has 1 heterocycles. The zero-order valence-electron chi connectivity index (χ0n) is 14.6. The standard InChI is InChI=1S/C18H26N2O3/c1-12-6-7-15(10-13(12)2)19-16(21)14-8-9-20(11-14)17(22)23-18(3,4)5/h6-7,10,14H,8-9,11H2,1-5H3,(H,19,21). The Kier molecular flexibility index (Phi) is 4.97. The van der Waals surface area contributed by atoms with Crippen LogP contribution in [0.2, 0.25) is 0 Å². The fourth-order valence-corrected chi connectivity index (χ4v) is 2.53. The number of nitrogens with one attached hydrogen (secondary N) is 1. The zero-order valence-corrected chi connectivity index (χ0v) is 14.6. The molecule has 1 N–H and O–H groups in total. The van der Waals surface area contributed by atoms with Crippen molar-refractivity contribution in [2.45, 2.75) is 46.6 Å². The maximum absolute atomic E-state index is 12.4. The van der Waals surface area contributed by atoms with Gasteiger partial charge < -0.3 is 15.0 Å². The van der Waals surface area contributed by atoms with Crippen molar-refractivity contribution in [3.05, 3.63) is 29.3 Å². The van der Waals surface area contributed by atoms with E-state index in [0.29, 0.717) is 19.5 Å². The first-order chi connectivity index (χ1) is 10.7. The third-order valence-corrected chi connectivity index (χ3v) is 3.99. The third-order valence-electron chi connectivity index (χ3n) is 3.99. The first-order valence-electron chi connectivity index (χ1n) is 8.02. The number of carbonyl (C=O) groups excluding carboxylic acids is 2. The number of amides is 2. The minimum atomic E-state index is -0.517. The first kappa shape index (κ1) is 17.3. The SMILES string of the molecule is Cc1ccc(NC(=O)C2CCN(C(=O)OC(C)(C)C)C2)cc1C. The van der Waals surface area contributed by atoms with E-state index in [4.69, 9.17) is 4.74 Å². The normalized spacial score (nSPS) is 18.0. The van der Waals surface area contributed by atoms with Crippen LogP contribution in [0.25, 0.3) is 0 Å². The number of hydrogen-bond donors (Lipinski definition) is 1. The Labute approximate surface area is 138 Å². The fourth-order valence-electron chi connectivity index (χ4n) is 2.53. The van der Waals surface area contributed by atoms with E-state index in [-0.39, 0.29) is 17.9 Å². The molecule has 5 nitrogen and oxygen atoms in total. The summed E-state index contributed by atoms with van der Waals surface area (Å²) >= 11 is 0.